The van der Waals surface area contributed by atoms with E-state index in [4.69, 9.17) is 4.74 Å². The van der Waals surface area contributed by atoms with Crippen molar-refractivity contribution in [2.75, 3.05) is 12.4 Å². The van der Waals surface area contributed by atoms with Crippen LogP contribution < -0.4 is 15.6 Å². The Morgan fingerprint density at radius 1 is 0.971 bits per heavy atom. The van der Waals surface area contributed by atoms with E-state index in [1.54, 1.807) is 41.3 Å². The number of rotatable bonds is 5. The van der Waals surface area contributed by atoms with Crippen LogP contribution in [-0.2, 0) is 0 Å². The topological polar surface area (TPSA) is 60.3 Å². The third-order valence-electron chi connectivity index (χ3n) is 5.77. The molecule has 0 spiro atoms. The number of nitrogens with zero attached hydrogens (tertiary/aromatic N) is 1. The number of methoxy groups -OCH3 is 1. The van der Waals surface area contributed by atoms with Crippen LogP contribution in [0.25, 0.3) is 26.9 Å². The molecule has 0 atom stereocenters. The molecular weight excluding hydrogens is 444 g/mol. The maximum Gasteiger partial charge on any atom is 0.263 e. The average molecular weight is 467 g/mol. The summed E-state index contributed by atoms with van der Waals surface area (Å²) in [5, 5.41) is 6.40. The number of ether oxygens (including phenoxy) is 1. The molecule has 168 valence electrons. The number of aryl methyl sites for hydroxylation is 1. The van der Waals surface area contributed by atoms with Crippen LogP contribution in [0.3, 0.4) is 0 Å². The number of aromatic nitrogens is 1. The van der Waals surface area contributed by atoms with E-state index in [9.17, 15) is 9.59 Å². The van der Waals surface area contributed by atoms with E-state index in [2.05, 4.69) is 5.32 Å². The zero-order valence-electron chi connectivity index (χ0n) is 18.7. The molecule has 1 N–H and O–H groups in total. The highest BCUT2D eigenvalue weighted by atomic mass is 32.1. The number of carbonyl (C=O) groups is 1. The number of fused-ring (bicyclic) bond motifs is 1. The second kappa shape index (κ2) is 9.00. The molecule has 2 aromatic heterocycles. The average Bonchev–Trinajstić information content (AvgIpc) is 3.41. The summed E-state index contributed by atoms with van der Waals surface area (Å²) in [6.45, 7) is 1.94. The van der Waals surface area contributed by atoms with Crippen molar-refractivity contribution in [1.82, 2.24) is 4.57 Å². The van der Waals surface area contributed by atoms with Gasteiger partial charge in [-0.25, -0.2) is 0 Å². The van der Waals surface area contributed by atoms with Gasteiger partial charge in [0.05, 0.1) is 18.2 Å². The fraction of sp³-hybridized carbons (Fsp3) is 0.0714. The number of anilines is 1. The summed E-state index contributed by atoms with van der Waals surface area (Å²) >= 11 is 1.63. The van der Waals surface area contributed by atoms with Crippen LogP contribution in [0.15, 0.2) is 95.2 Å². The molecule has 2 heterocycles. The lowest BCUT2D eigenvalue weighted by Crippen LogP contribution is -2.19. The quantitative estimate of drug-likeness (QED) is 0.331. The Labute approximate surface area is 200 Å². The first-order valence-corrected chi connectivity index (χ1v) is 11.7. The van der Waals surface area contributed by atoms with E-state index in [0.29, 0.717) is 28.1 Å². The summed E-state index contributed by atoms with van der Waals surface area (Å²) in [7, 11) is 1.58. The highest BCUT2D eigenvalue weighted by Gasteiger charge is 2.12. The van der Waals surface area contributed by atoms with E-state index < -0.39 is 0 Å². The molecule has 0 bridgehead atoms. The van der Waals surface area contributed by atoms with E-state index in [0.717, 1.165) is 21.4 Å². The number of amides is 1. The lowest BCUT2D eigenvalue weighted by molar-refractivity contribution is 0.102. The van der Waals surface area contributed by atoms with Crippen molar-refractivity contribution >= 4 is 33.7 Å². The van der Waals surface area contributed by atoms with Crippen LogP contribution in [0.1, 0.15) is 15.9 Å². The summed E-state index contributed by atoms with van der Waals surface area (Å²) in [5.74, 6) is 0.425. The van der Waals surface area contributed by atoms with Gasteiger partial charge in [-0.15, -0.1) is 11.3 Å². The molecule has 0 saturated heterocycles. The second-order valence-corrected chi connectivity index (χ2v) is 8.91. The Morgan fingerprint density at radius 2 is 1.85 bits per heavy atom. The molecular formula is C28H22N2O3S. The number of nitrogens with one attached hydrogen (secondary N) is 1. The Bertz CT molecular complexity index is 1570. The summed E-state index contributed by atoms with van der Waals surface area (Å²) in [4.78, 5) is 27.4. The van der Waals surface area contributed by atoms with Gasteiger partial charge in [-0.05, 0) is 77.3 Å². The van der Waals surface area contributed by atoms with Gasteiger partial charge in [-0.3, -0.25) is 14.2 Å². The Balaban J connectivity index is 1.48. The van der Waals surface area contributed by atoms with Gasteiger partial charge in [0.15, 0.2) is 0 Å². The maximum atomic E-state index is 13.3. The van der Waals surface area contributed by atoms with Crippen LogP contribution in [0.5, 0.6) is 5.75 Å². The molecule has 0 saturated carbocycles. The highest BCUT2D eigenvalue weighted by molar-refractivity contribution is 7.13. The third kappa shape index (κ3) is 4.11. The predicted octanol–water partition coefficient (Wildman–Crippen LogP) is 6.29. The van der Waals surface area contributed by atoms with Crippen molar-refractivity contribution in [3.63, 3.8) is 0 Å². The second-order valence-electron chi connectivity index (χ2n) is 7.96. The fourth-order valence-corrected chi connectivity index (χ4v) is 4.67. The number of carbonyl (C=O) groups excluding carboxylic acids is 1. The van der Waals surface area contributed by atoms with Gasteiger partial charge in [0.1, 0.15) is 5.75 Å². The number of hydrogen-bond acceptors (Lipinski definition) is 4. The highest BCUT2D eigenvalue weighted by Crippen LogP contribution is 2.26. The normalized spacial score (nSPS) is 10.9. The van der Waals surface area contributed by atoms with Crippen LogP contribution in [0.2, 0.25) is 0 Å². The first kappa shape index (κ1) is 21.7. The number of thiophene rings is 1. The van der Waals surface area contributed by atoms with Gasteiger partial charge < -0.3 is 10.1 Å². The van der Waals surface area contributed by atoms with Crippen molar-refractivity contribution < 1.29 is 9.53 Å². The molecule has 6 heteroatoms. The molecule has 5 rings (SSSR count). The van der Waals surface area contributed by atoms with Crippen molar-refractivity contribution in [3.8, 4) is 21.9 Å². The van der Waals surface area contributed by atoms with Gasteiger partial charge in [0, 0.05) is 22.3 Å². The van der Waals surface area contributed by atoms with Crippen LogP contribution in [-0.4, -0.2) is 17.6 Å². The Morgan fingerprint density at radius 3 is 2.65 bits per heavy atom. The SMILES string of the molecule is COc1ccc2ccn(-c3cc(NC(=O)c4cccc(-c5cccs5)c4)ccc3C)c(=O)c2c1. The molecule has 0 unspecified atom stereocenters. The number of benzene rings is 3. The molecule has 3 aromatic carbocycles. The molecule has 0 radical (unpaired) electrons. The molecule has 5 aromatic rings. The summed E-state index contributed by atoms with van der Waals surface area (Å²) in [6, 6.07) is 24.5. The minimum atomic E-state index is -0.205. The van der Waals surface area contributed by atoms with E-state index in [-0.39, 0.29) is 11.5 Å². The Hall–Kier alpha value is -4.16. The molecule has 0 fully saturated rings. The minimum Gasteiger partial charge on any atom is -0.497 e. The first-order chi connectivity index (χ1) is 16.5. The summed E-state index contributed by atoms with van der Waals surface area (Å²) < 4.78 is 6.89. The van der Waals surface area contributed by atoms with Crippen molar-refractivity contribution in [2.24, 2.45) is 0 Å². The largest absolute Gasteiger partial charge is 0.497 e. The molecule has 1 amide bonds. The van der Waals surface area contributed by atoms with Gasteiger partial charge in [-0.1, -0.05) is 30.3 Å². The molecule has 0 aliphatic carbocycles. The van der Waals surface area contributed by atoms with Crippen molar-refractivity contribution in [1.29, 1.82) is 0 Å². The molecule has 0 aliphatic heterocycles. The lowest BCUT2D eigenvalue weighted by atomic mass is 10.1. The monoisotopic (exact) mass is 466 g/mol. The number of pyridine rings is 1. The van der Waals surface area contributed by atoms with Crippen LogP contribution in [0.4, 0.5) is 5.69 Å². The molecule has 0 aliphatic rings. The van der Waals surface area contributed by atoms with Gasteiger partial charge in [0.2, 0.25) is 0 Å². The van der Waals surface area contributed by atoms with Gasteiger partial charge in [-0.2, -0.15) is 0 Å². The van der Waals surface area contributed by atoms with Crippen molar-refractivity contribution in [3.05, 3.63) is 112 Å². The van der Waals surface area contributed by atoms with Crippen LogP contribution >= 0.6 is 11.3 Å². The fourth-order valence-electron chi connectivity index (χ4n) is 3.94. The smallest absolute Gasteiger partial charge is 0.263 e. The van der Waals surface area contributed by atoms with E-state index in [1.807, 2.05) is 79.0 Å². The minimum absolute atomic E-state index is 0.147. The zero-order valence-corrected chi connectivity index (χ0v) is 19.6. The standard InChI is InChI=1S/C28H22N2O3S/c1-18-8-10-22(29-27(31)21-6-3-5-20(15-21)26-7-4-14-34-26)16-25(18)30-13-12-19-9-11-23(33-2)17-24(19)28(30)32/h3-17H,1-2H3,(H,29,31). The van der Waals surface area contributed by atoms with E-state index >= 15 is 0 Å². The zero-order chi connectivity index (χ0) is 23.7. The first-order valence-electron chi connectivity index (χ1n) is 10.8. The predicted molar refractivity (Wildman–Crippen MR) is 139 cm³/mol. The van der Waals surface area contributed by atoms with Crippen molar-refractivity contribution in [2.45, 2.75) is 6.92 Å². The van der Waals surface area contributed by atoms with Crippen LogP contribution in [0, 0.1) is 6.92 Å². The van der Waals surface area contributed by atoms with Gasteiger partial charge in [0.25, 0.3) is 11.5 Å². The molecule has 34 heavy (non-hydrogen) atoms. The third-order valence-corrected chi connectivity index (χ3v) is 6.69. The number of hydrogen-bond donors (Lipinski definition) is 1. The maximum absolute atomic E-state index is 13.3. The van der Waals surface area contributed by atoms with Gasteiger partial charge >= 0.3 is 0 Å². The lowest BCUT2D eigenvalue weighted by Gasteiger charge is -2.14. The van der Waals surface area contributed by atoms with E-state index in [1.165, 1.54) is 0 Å². The summed E-state index contributed by atoms with van der Waals surface area (Å²) in [6.07, 6.45) is 1.76. The Kier molecular flexibility index (Phi) is 5.74. The summed E-state index contributed by atoms with van der Waals surface area (Å²) in [5.41, 5.74) is 3.67. The molecule has 5 nitrogen and oxygen atoms in total.